The summed E-state index contributed by atoms with van der Waals surface area (Å²) >= 11 is 12.1. The summed E-state index contributed by atoms with van der Waals surface area (Å²) in [5.74, 6) is 0. The minimum Gasteiger partial charge on any atom is -0.369 e. The Kier molecular flexibility index (Phi) is 6.42. The maximum absolute atomic E-state index is 13.2. The molecular weight excluding hydrogens is 441 g/mol. The molecule has 2 aliphatic rings. The highest BCUT2D eigenvalue weighted by molar-refractivity contribution is 7.89. The number of nitrogens with zero attached hydrogens (tertiary/aromatic N) is 3. The number of sulfonamides is 1. The summed E-state index contributed by atoms with van der Waals surface area (Å²) in [6.07, 6.45) is 2.63. The van der Waals surface area contributed by atoms with Crippen molar-refractivity contribution in [3.8, 4) is 0 Å². The molecule has 0 radical (unpaired) electrons. The zero-order valence-electron chi connectivity index (χ0n) is 16.7. The van der Waals surface area contributed by atoms with Crippen LogP contribution in [0.15, 0.2) is 53.9 Å². The molecule has 30 heavy (non-hydrogen) atoms. The molecule has 0 N–H and O–H groups in total. The van der Waals surface area contributed by atoms with Crippen molar-refractivity contribution < 1.29 is 8.42 Å². The third-order valence-corrected chi connectivity index (χ3v) is 8.03. The molecule has 0 aromatic heterocycles. The van der Waals surface area contributed by atoms with Crippen LogP contribution in [0, 0.1) is 0 Å². The molecule has 1 fully saturated rings. The fraction of sp³-hybridized carbons (Fsp3) is 0.364. The molecule has 0 unspecified atom stereocenters. The van der Waals surface area contributed by atoms with Crippen LogP contribution in [-0.2, 0) is 23.0 Å². The molecular formula is C22H25Cl2N3O2S. The van der Waals surface area contributed by atoms with Crippen molar-refractivity contribution in [2.75, 3.05) is 44.2 Å². The van der Waals surface area contributed by atoms with Crippen molar-refractivity contribution in [2.45, 2.75) is 17.9 Å². The predicted molar refractivity (Wildman–Crippen MR) is 123 cm³/mol. The molecule has 160 valence electrons. The summed E-state index contributed by atoms with van der Waals surface area (Å²) in [6.45, 7) is 9.43. The number of benzene rings is 2. The summed E-state index contributed by atoms with van der Waals surface area (Å²) in [5, 5.41) is 0.632. The number of fused-ring (bicyclic) bond motifs is 1. The van der Waals surface area contributed by atoms with Gasteiger partial charge in [0.05, 0.1) is 4.90 Å². The van der Waals surface area contributed by atoms with Gasteiger partial charge in [0.1, 0.15) is 0 Å². The van der Waals surface area contributed by atoms with E-state index in [-0.39, 0.29) is 4.90 Å². The third kappa shape index (κ3) is 4.53. The van der Waals surface area contributed by atoms with E-state index < -0.39 is 10.0 Å². The van der Waals surface area contributed by atoms with E-state index in [0.29, 0.717) is 29.6 Å². The van der Waals surface area contributed by atoms with E-state index in [2.05, 4.69) is 34.6 Å². The van der Waals surface area contributed by atoms with Gasteiger partial charge >= 0.3 is 0 Å². The van der Waals surface area contributed by atoms with E-state index in [1.807, 2.05) is 6.08 Å². The fourth-order valence-electron chi connectivity index (χ4n) is 4.12. The zero-order chi connectivity index (χ0) is 21.3. The number of halogens is 2. The van der Waals surface area contributed by atoms with Crippen LogP contribution in [0.1, 0.15) is 11.1 Å². The predicted octanol–water partition coefficient (Wildman–Crippen LogP) is 4.05. The minimum absolute atomic E-state index is 0.137. The third-order valence-electron chi connectivity index (χ3n) is 5.77. The molecule has 0 amide bonds. The molecule has 0 bridgehead atoms. The van der Waals surface area contributed by atoms with Crippen molar-refractivity contribution in [2.24, 2.45) is 0 Å². The Hall–Kier alpha value is -1.57. The Balaban J connectivity index is 1.53. The fourth-order valence-corrected chi connectivity index (χ4v) is 6.26. The van der Waals surface area contributed by atoms with Gasteiger partial charge in [-0.05, 0) is 47.9 Å². The van der Waals surface area contributed by atoms with Crippen molar-refractivity contribution >= 4 is 38.9 Å². The first-order chi connectivity index (χ1) is 14.4. The molecule has 0 atom stereocenters. The quantitative estimate of drug-likeness (QED) is 0.624. The molecule has 2 aliphatic heterocycles. The SMILES string of the molecule is C=CCN1CCN(c2ccc3c(c2)CN(S(=O)(=O)c2cc(Cl)cc(Cl)c2)CC3)CC1. The smallest absolute Gasteiger partial charge is 0.243 e. The van der Waals surface area contributed by atoms with Gasteiger partial charge in [-0.2, -0.15) is 4.31 Å². The van der Waals surface area contributed by atoms with Gasteiger partial charge in [-0.15, -0.1) is 6.58 Å². The number of hydrogen-bond donors (Lipinski definition) is 0. The van der Waals surface area contributed by atoms with E-state index in [9.17, 15) is 8.42 Å². The van der Waals surface area contributed by atoms with Gasteiger partial charge in [-0.25, -0.2) is 8.42 Å². The van der Waals surface area contributed by atoms with Crippen molar-refractivity contribution in [3.63, 3.8) is 0 Å². The molecule has 2 heterocycles. The van der Waals surface area contributed by atoms with E-state index in [4.69, 9.17) is 23.2 Å². The summed E-state index contributed by atoms with van der Waals surface area (Å²) in [7, 11) is -3.67. The maximum Gasteiger partial charge on any atom is 0.243 e. The highest BCUT2D eigenvalue weighted by atomic mass is 35.5. The van der Waals surface area contributed by atoms with E-state index >= 15 is 0 Å². The van der Waals surface area contributed by atoms with Crippen LogP contribution in [-0.4, -0.2) is 56.9 Å². The number of piperazine rings is 1. The van der Waals surface area contributed by atoms with Crippen LogP contribution in [0.5, 0.6) is 0 Å². The highest BCUT2D eigenvalue weighted by Crippen LogP contribution is 2.30. The summed E-state index contributed by atoms with van der Waals surface area (Å²) in [4.78, 5) is 4.88. The van der Waals surface area contributed by atoms with Gasteiger partial charge in [0, 0.05) is 61.5 Å². The largest absolute Gasteiger partial charge is 0.369 e. The topological polar surface area (TPSA) is 43.9 Å². The highest BCUT2D eigenvalue weighted by Gasteiger charge is 2.29. The average molecular weight is 466 g/mol. The van der Waals surface area contributed by atoms with Gasteiger partial charge in [-0.3, -0.25) is 4.90 Å². The van der Waals surface area contributed by atoms with Gasteiger partial charge in [0.25, 0.3) is 0 Å². The molecule has 2 aromatic rings. The first-order valence-corrected chi connectivity index (χ1v) is 12.2. The van der Waals surface area contributed by atoms with Crippen LogP contribution in [0.2, 0.25) is 10.0 Å². The number of hydrogen-bond acceptors (Lipinski definition) is 4. The first kappa shape index (κ1) is 21.7. The second-order valence-corrected chi connectivity index (χ2v) is 10.5. The Labute approximate surface area is 188 Å². The summed E-state index contributed by atoms with van der Waals surface area (Å²) in [5.41, 5.74) is 3.42. The summed E-state index contributed by atoms with van der Waals surface area (Å²) < 4.78 is 27.9. The van der Waals surface area contributed by atoms with Crippen molar-refractivity contribution in [1.29, 1.82) is 0 Å². The molecule has 5 nitrogen and oxygen atoms in total. The van der Waals surface area contributed by atoms with E-state index in [1.165, 1.54) is 28.1 Å². The van der Waals surface area contributed by atoms with Crippen molar-refractivity contribution in [1.82, 2.24) is 9.21 Å². The Bertz CT molecular complexity index is 1030. The lowest BCUT2D eigenvalue weighted by molar-refractivity contribution is 0.284. The first-order valence-electron chi connectivity index (χ1n) is 10.0. The molecule has 2 aromatic carbocycles. The lowest BCUT2D eigenvalue weighted by Gasteiger charge is -2.36. The molecule has 0 spiro atoms. The van der Waals surface area contributed by atoms with Gasteiger partial charge in [0.2, 0.25) is 10.0 Å². The van der Waals surface area contributed by atoms with Gasteiger partial charge in [0.15, 0.2) is 0 Å². The van der Waals surface area contributed by atoms with Crippen LogP contribution in [0.3, 0.4) is 0 Å². The standard InChI is InChI=1S/C22H25Cl2N3O2S/c1-2-6-25-8-10-26(11-9-25)21-4-3-17-5-7-27(16-18(17)12-21)30(28,29)22-14-19(23)13-20(24)15-22/h2-4,12-15H,1,5-11,16H2. The maximum atomic E-state index is 13.2. The average Bonchev–Trinajstić information content (AvgIpc) is 2.73. The molecule has 4 rings (SSSR count). The van der Waals surface area contributed by atoms with Crippen LogP contribution < -0.4 is 4.90 Å². The van der Waals surface area contributed by atoms with Gasteiger partial charge < -0.3 is 4.90 Å². The monoisotopic (exact) mass is 465 g/mol. The van der Waals surface area contributed by atoms with Crippen LogP contribution in [0.4, 0.5) is 5.69 Å². The minimum atomic E-state index is -3.67. The van der Waals surface area contributed by atoms with Crippen molar-refractivity contribution in [3.05, 3.63) is 70.2 Å². The summed E-state index contributed by atoms with van der Waals surface area (Å²) in [6, 6.07) is 10.9. The van der Waals surface area contributed by atoms with Gasteiger partial charge in [-0.1, -0.05) is 35.3 Å². The molecule has 1 saturated heterocycles. The van der Waals surface area contributed by atoms with Crippen LogP contribution >= 0.6 is 23.2 Å². The molecule has 8 heteroatoms. The number of rotatable bonds is 5. The number of anilines is 1. The Morgan fingerprint density at radius 3 is 2.30 bits per heavy atom. The van der Waals surface area contributed by atoms with E-state index in [0.717, 1.165) is 44.0 Å². The van der Waals surface area contributed by atoms with E-state index in [1.54, 1.807) is 0 Å². The second-order valence-electron chi connectivity index (χ2n) is 7.72. The second kappa shape index (κ2) is 8.89. The molecule has 0 saturated carbocycles. The normalized spacial score (nSPS) is 18.3. The zero-order valence-corrected chi connectivity index (χ0v) is 19.1. The lowest BCUT2D eigenvalue weighted by atomic mass is 10.00. The lowest BCUT2D eigenvalue weighted by Crippen LogP contribution is -2.46. The van der Waals surface area contributed by atoms with Crippen LogP contribution in [0.25, 0.3) is 0 Å². The molecule has 0 aliphatic carbocycles. The Morgan fingerprint density at radius 2 is 1.63 bits per heavy atom. The Morgan fingerprint density at radius 1 is 0.933 bits per heavy atom.